The topological polar surface area (TPSA) is 64.3 Å². The van der Waals surface area contributed by atoms with E-state index in [0.717, 1.165) is 5.56 Å². The first-order valence-electron chi connectivity index (χ1n) is 6.51. The molecule has 1 atom stereocenters. The SMILES string of the molecule is COc1ccc(N)c(C(=O)N[C@H](C)c2ccc(F)cc2)c1. The summed E-state index contributed by atoms with van der Waals surface area (Å²) < 4.78 is 18.0. The van der Waals surface area contributed by atoms with Gasteiger partial charge in [0.25, 0.3) is 5.91 Å². The van der Waals surface area contributed by atoms with Gasteiger partial charge in [0.1, 0.15) is 11.6 Å². The molecule has 0 aliphatic rings. The van der Waals surface area contributed by atoms with E-state index in [4.69, 9.17) is 10.5 Å². The van der Waals surface area contributed by atoms with Gasteiger partial charge in [-0.25, -0.2) is 4.39 Å². The lowest BCUT2D eigenvalue weighted by atomic mass is 10.1. The van der Waals surface area contributed by atoms with Crippen molar-refractivity contribution in [3.63, 3.8) is 0 Å². The van der Waals surface area contributed by atoms with Gasteiger partial charge < -0.3 is 15.8 Å². The maximum absolute atomic E-state index is 12.9. The Morgan fingerprint density at radius 2 is 1.90 bits per heavy atom. The molecule has 3 N–H and O–H groups in total. The Balaban J connectivity index is 2.15. The van der Waals surface area contributed by atoms with E-state index in [1.807, 2.05) is 6.92 Å². The monoisotopic (exact) mass is 288 g/mol. The first kappa shape index (κ1) is 14.8. The highest BCUT2D eigenvalue weighted by Crippen LogP contribution is 2.21. The molecular formula is C16H17FN2O2. The molecule has 0 saturated carbocycles. The van der Waals surface area contributed by atoms with Crippen LogP contribution < -0.4 is 15.8 Å². The first-order valence-corrected chi connectivity index (χ1v) is 6.51. The highest BCUT2D eigenvalue weighted by molar-refractivity contribution is 5.99. The molecule has 21 heavy (non-hydrogen) atoms. The average Bonchev–Trinajstić information content (AvgIpc) is 2.48. The number of nitrogens with two attached hydrogens (primary N) is 1. The van der Waals surface area contributed by atoms with Crippen LogP contribution in [0.3, 0.4) is 0 Å². The largest absolute Gasteiger partial charge is 0.497 e. The molecule has 0 aromatic heterocycles. The lowest BCUT2D eigenvalue weighted by Gasteiger charge is -2.15. The molecule has 0 heterocycles. The Hall–Kier alpha value is -2.56. The number of anilines is 1. The van der Waals surface area contributed by atoms with Gasteiger partial charge in [-0.05, 0) is 42.8 Å². The van der Waals surface area contributed by atoms with Crippen molar-refractivity contribution < 1.29 is 13.9 Å². The first-order chi connectivity index (χ1) is 10.0. The maximum Gasteiger partial charge on any atom is 0.253 e. The maximum atomic E-state index is 12.9. The van der Waals surface area contributed by atoms with Gasteiger partial charge in [0.2, 0.25) is 0 Å². The van der Waals surface area contributed by atoms with E-state index < -0.39 is 0 Å². The van der Waals surface area contributed by atoms with E-state index >= 15 is 0 Å². The minimum Gasteiger partial charge on any atom is -0.497 e. The molecule has 0 fully saturated rings. The third-order valence-electron chi connectivity index (χ3n) is 3.22. The lowest BCUT2D eigenvalue weighted by molar-refractivity contribution is 0.0940. The molecule has 0 aliphatic heterocycles. The average molecular weight is 288 g/mol. The highest BCUT2D eigenvalue weighted by Gasteiger charge is 2.14. The van der Waals surface area contributed by atoms with Crippen molar-refractivity contribution in [2.75, 3.05) is 12.8 Å². The molecule has 0 unspecified atom stereocenters. The van der Waals surface area contributed by atoms with Gasteiger partial charge in [-0.15, -0.1) is 0 Å². The lowest BCUT2D eigenvalue weighted by Crippen LogP contribution is -2.27. The van der Waals surface area contributed by atoms with Gasteiger partial charge in [-0.2, -0.15) is 0 Å². The van der Waals surface area contributed by atoms with Crippen molar-refractivity contribution in [3.8, 4) is 5.75 Å². The van der Waals surface area contributed by atoms with Gasteiger partial charge in [0.05, 0.1) is 18.7 Å². The van der Waals surface area contributed by atoms with E-state index in [2.05, 4.69) is 5.32 Å². The summed E-state index contributed by atoms with van der Waals surface area (Å²) in [5.41, 5.74) is 7.35. The minimum atomic E-state index is -0.311. The van der Waals surface area contributed by atoms with Crippen molar-refractivity contribution in [1.82, 2.24) is 5.32 Å². The van der Waals surface area contributed by atoms with Crippen LogP contribution in [0.15, 0.2) is 42.5 Å². The smallest absolute Gasteiger partial charge is 0.253 e. The molecule has 5 heteroatoms. The van der Waals surface area contributed by atoms with Crippen molar-refractivity contribution in [3.05, 3.63) is 59.4 Å². The van der Waals surface area contributed by atoms with Crippen LogP contribution in [0.1, 0.15) is 28.9 Å². The number of methoxy groups -OCH3 is 1. The minimum absolute atomic E-state index is 0.260. The molecule has 0 spiro atoms. The molecule has 4 nitrogen and oxygen atoms in total. The fraction of sp³-hybridized carbons (Fsp3) is 0.188. The number of benzene rings is 2. The molecule has 2 aromatic rings. The molecular weight excluding hydrogens is 271 g/mol. The zero-order valence-corrected chi connectivity index (χ0v) is 11.9. The molecule has 1 amide bonds. The van der Waals surface area contributed by atoms with Gasteiger partial charge in [0, 0.05) is 5.69 Å². The molecule has 110 valence electrons. The number of ether oxygens (including phenoxy) is 1. The second kappa shape index (κ2) is 6.26. The van der Waals surface area contributed by atoms with Crippen molar-refractivity contribution in [2.24, 2.45) is 0 Å². The third-order valence-corrected chi connectivity index (χ3v) is 3.22. The van der Waals surface area contributed by atoms with Crippen LogP contribution >= 0.6 is 0 Å². The van der Waals surface area contributed by atoms with Crippen LogP contribution in [0.5, 0.6) is 5.75 Å². The van der Waals surface area contributed by atoms with E-state index in [9.17, 15) is 9.18 Å². The fourth-order valence-electron chi connectivity index (χ4n) is 1.97. The van der Waals surface area contributed by atoms with Crippen molar-refractivity contribution in [1.29, 1.82) is 0 Å². The standard InChI is InChI=1S/C16H17FN2O2/c1-10(11-3-5-12(17)6-4-11)19-16(20)14-9-13(21-2)7-8-15(14)18/h3-10H,18H2,1-2H3,(H,19,20)/t10-/m1/s1. The quantitative estimate of drug-likeness (QED) is 0.850. The normalized spacial score (nSPS) is 11.8. The Morgan fingerprint density at radius 1 is 1.24 bits per heavy atom. The Morgan fingerprint density at radius 3 is 2.52 bits per heavy atom. The molecule has 0 bridgehead atoms. The predicted molar refractivity (Wildman–Crippen MR) is 79.7 cm³/mol. The Labute approximate surface area is 122 Å². The fourth-order valence-corrected chi connectivity index (χ4v) is 1.97. The number of nitrogens with one attached hydrogen (secondary N) is 1. The second-order valence-electron chi connectivity index (χ2n) is 4.70. The van der Waals surface area contributed by atoms with Crippen LogP contribution in [0.2, 0.25) is 0 Å². The van der Waals surface area contributed by atoms with Crippen molar-refractivity contribution >= 4 is 11.6 Å². The summed E-state index contributed by atoms with van der Waals surface area (Å²) in [6, 6.07) is 10.6. The van der Waals surface area contributed by atoms with Gasteiger partial charge in [0.15, 0.2) is 0 Å². The number of carbonyl (C=O) groups excluding carboxylic acids is 1. The summed E-state index contributed by atoms with van der Waals surface area (Å²) in [5, 5.41) is 2.83. The number of amides is 1. The van der Waals surface area contributed by atoms with E-state index in [1.165, 1.54) is 19.2 Å². The van der Waals surface area contributed by atoms with Gasteiger partial charge in [-0.3, -0.25) is 4.79 Å². The molecule has 0 aliphatic carbocycles. The second-order valence-corrected chi connectivity index (χ2v) is 4.70. The molecule has 2 rings (SSSR count). The summed E-state index contributed by atoms with van der Waals surface area (Å²) in [4.78, 5) is 12.3. The Kier molecular flexibility index (Phi) is 4.42. The van der Waals surface area contributed by atoms with Crippen LogP contribution in [-0.2, 0) is 0 Å². The van der Waals surface area contributed by atoms with E-state index in [1.54, 1.807) is 30.3 Å². The summed E-state index contributed by atoms with van der Waals surface area (Å²) in [7, 11) is 1.52. The summed E-state index contributed by atoms with van der Waals surface area (Å²) >= 11 is 0. The number of rotatable bonds is 4. The molecule has 0 radical (unpaired) electrons. The number of nitrogen functional groups attached to an aromatic ring is 1. The van der Waals surface area contributed by atoms with Crippen LogP contribution in [0.25, 0.3) is 0 Å². The van der Waals surface area contributed by atoms with Crippen LogP contribution in [-0.4, -0.2) is 13.0 Å². The summed E-state index contributed by atoms with van der Waals surface area (Å²) in [6.07, 6.45) is 0. The molecule has 2 aromatic carbocycles. The summed E-state index contributed by atoms with van der Waals surface area (Å²) in [6.45, 7) is 1.82. The van der Waals surface area contributed by atoms with E-state index in [-0.39, 0.29) is 17.8 Å². The predicted octanol–water partition coefficient (Wildman–Crippen LogP) is 2.91. The zero-order chi connectivity index (χ0) is 15.4. The zero-order valence-electron chi connectivity index (χ0n) is 11.9. The number of halogens is 1. The van der Waals surface area contributed by atoms with Gasteiger partial charge >= 0.3 is 0 Å². The Bertz CT molecular complexity index is 641. The van der Waals surface area contributed by atoms with Gasteiger partial charge in [-0.1, -0.05) is 12.1 Å². The summed E-state index contributed by atoms with van der Waals surface area (Å²) in [5.74, 6) is -0.0543. The number of hydrogen-bond acceptors (Lipinski definition) is 3. The third kappa shape index (κ3) is 3.51. The van der Waals surface area contributed by atoms with Crippen LogP contribution in [0, 0.1) is 5.82 Å². The van der Waals surface area contributed by atoms with Crippen molar-refractivity contribution in [2.45, 2.75) is 13.0 Å². The van der Waals surface area contributed by atoms with Crippen LogP contribution in [0.4, 0.5) is 10.1 Å². The molecule has 0 saturated heterocycles. The number of carbonyl (C=O) groups is 1. The highest BCUT2D eigenvalue weighted by atomic mass is 19.1. The van der Waals surface area contributed by atoms with E-state index in [0.29, 0.717) is 17.0 Å². The number of hydrogen-bond donors (Lipinski definition) is 2.